The molecule has 1 fully saturated rings. The lowest BCUT2D eigenvalue weighted by Gasteiger charge is -2.33. The standard InChI is InChI=1S/C13H22N4O3S/c1-11(15-21(2,19)20)13(18)17-6-3-12(4-7-17)9-16-8-5-14-10-16/h5,8,10-12,15H,3-4,6-7,9H2,1-2H3. The Hall–Kier alpha value is -1.41. The molecule has 1 unspecified atom stereocenters. The van der Waals surface area contributed by atoms with E-state index in [1.54, 1.807) is 24.3 Å². The molecule has 1 atom stereocenters. The van der Waals surface area contributed by atoms with Crippen molar-refractivity contribution in [2.45, 2.75) is 32.4 Å². The summed E-state index contributed by atoms with van der Waals surface area (Å²) < 4.78 is 26.7. The van der Waals surface area contributed by atoms with Crippen LogP contribution in [0.4, 0.5) is 0 Å². The van der Waals surface area contributed by atoms with Crippen molar-refractivity contribution in [3.05, 3.63) is 18.7 Å². The average Bonchev–Trinajstić information content (AvgIpc) is 2.90. The Balaban J connectivity index is 1.81. The topological polar surface area (TPSA) is 84.3 Å². The van der Waals surface area contributed by atoms with E-state index in [-0.39, 0.29) is 5.91 Å². The molecule has 0 aromatic carbocycles. The molecular formula is C13H22N4O3S. The first kappa shape index (κ1) is 16.0. The van der Waals surface area contributed by atoms with Crippen LogP contribution in [0.1, 0.15) is 19.8 Å². The number of nitrogens with one attached hydrogen (secondary N) is 1. The summed E-state index contributed by atoms with van der Waals surface area (Å²) in [5.74, 6) is 0.378. The van der Waals surface area contributed by atoms with Gasteiger partial charge in [0.25, 0.3) is 0 Å². The van der Waals surface area contributed by atoms with Crippen LogP contribution in [0.3, 0.4) is 0 Å². The molecule has 1 N–H and O–H groups in total. The third-order valence-corrected chi connectivity index (χ3v) is 4.50. The predicted molar refractivity (Wildman–Crippen MR) is 79.0 cm³/mol. The van der Waals surface area contributed by atoms with Crippen LogP contribution < -0.4 is 4.72 Å². The van der Waals surface area contributed by atoms with Gasteiger partial charge in [-0.3, -0.25) is 4.79 Å². The van der Waals surface area contributed by atoms with Crippen molar-refractivity contribution in [3.8, 4) is 0 Å². The number of aromatic nitrogens is 2. The molecular weight excluding hydrogens is 292 g/mol. The van der Waals surface area contributed by atoms with Crippen LogP contribution in [0.5, 0.6) is 0 Å². The van der Waals surface area contributed by atoms with Gasteiger partial charge in [-0.2, -0.15) is 0 Å². The third kappa shape index (κ3) is 4.82. The normalized spacial score (nSPS) is 18.7. The fraction of sp³-hybridized carbons (Fsp3) is 0.692. The van der Waals surface area contributed by atoms with E-state index in [9.17, 15) is 13.2 Å². The van der Waals surface area contributed by atoms with Gasteiger partial charge in [0.1, 0.15) is 0 Å². The molecule has 118 valence electrons. The Labute approximate surface area is 125 Å². The maximum Gasteiger partial charge on any atom is 0.240 e. The molecule has 2 heterocycles. The number of rotatable bonds is 5. The zero-order valence-electron chi connectivity index (χ0n) is 12.4. The van der Waals surface area contributed by atoms with Crippen molar-refractivity contribution in [3.63, 3.8) is 0 Å². The first-order valence-electron chi connectivity index (χ1n) is 7.07. The Morgan fingerprint density at radius 3 is 2.62 bits per heavy atom. The lowest BCUT2D eigenvalue weighted by molar-refractivity contribution is -0.134. The summed E-state index contributed by atoms with van der Waals surface area (Å²) in [6.07, 6.45) is 8.42. The lowest BCUT2D eigenvalue weighted by Crippen LogP contribution is -2.49. The van der Waals surface area contributed by atoms with Gasteiger partial charge in [0.15, 0.2) is 0 Å². The van der Waals surface area contributed by atoms with E-state index in [0.29, 0.717) is 19.0 Å². The highest BCUT2D eigenvalue weighted by Gasteiger charge is 2.27. The van der Waals surface area contributed by atoms with E-state index in [0.717, 1.165) is 25.6 Å². The van der Waals surface area contributed by atoms with Gasteiger partial charge in [-0.05, 0) is 25.7 Å². The Morgan fingerprint density at radius 1 is 1.43 bits per heavy atom. The molecule has 21 heavy (non-hydrogen) atoms. The van der Waals surface area contributed by atoms with Crippen molar-refractivity contribution in [2.75, 3.05) is 19.3 Å². The highest BCUT2D eigenvalue weighted by atomic mass is 32.2. The summed E-state index contributed by atoms with van der Waals surface area (Å²) in [5, 5.41) is 0. The number of hydrogen-bond acceptors (Lipinski definition) is 4. The number of nitrogens with zero attached hydrogens (tertiary/aromatic N) is 3. The maximum absolute atomic E-state index is 12.2. The summed E-state index contributed by atoms with van der Waals surface area (Å²) in [6, 6.07) is -0.704. The molecule has 0 saturated carbocycles. The highest BCUT2D eigenvalue weighted by molar-refractivity contribution is 7.88. The minimum absolute atomic E-state index is 0.151. The van der Waals surface area contributed by atoms with E-state index in [1.165, 1.54) is 0 Å². The van der Waals surface area contributed by atoms with Gasteiger partial charge in [-0.1, -0.05) is 0 Å². The molecule has 0 spiro atoms. The summed E-state index contributed by atoms with van der Waals surface area (Å²) in [4.78, 5) is 17.9. The number of imidazole rings is 1. The SMILES string of the molecule is CC(NS(C)(=O)=O)C(=O)N1CCC(Cn2ccnc2)CC1. The maximum atomic E-state index is 12.2. The van der Waals surface area contributed by atoms with Crippen molar-refractivity contribution in [1.29, 1.82) is 0 Å². The molecule has 7 nitrogen and oxygen atoms in total. The van der Waals surface area contributed by atoms with E-state index in [4.69, 9.17) is 0 Å². The predicted octanol–water partition coefficient (Wildman–Crippen LogP) is 0.0594. The summed E-state index contributed by atoms with van der Waals surface area (Å²) in [5.41, 5.74) is 0. The van der Waals surface area contributed by atoms with Crippen LogP contribution in [-0.2, 0) is 21.4 Å². The number of carbonyl (C=O) groups is 1. The molecule has 0 bridgehead atoms. The van der Waals surface area contributed by atoms with Crippen molar-refractivity contribution < 1.29 is 13.2 Å². The van der Waals surface area contributed by atoms with Crippen LogP contribution in [0.15, 0.2) is 18.7 Å². The van der Waals surface area contributed by atoms with Gasteiger partial charge >= 0.3 is 0 Å². The molecule has 0 aliphatic carbocycles. The first-order valence-corrected chi connectivity index (χ1v) is 8.96. The fourth-order valence-corrected chi connectivity index (χ4v) is 3.42. The second-order valence-corrected chi connectivity index (χ2v) is 7.42. The van der Waals surface area contributed by atoms with Gasteiger partial charge in [0.05, 0.1) is 18.6 Å². The molecule has 1 aromatic heterocycles. The summed E-state index contributed by atoms with van der Waals surface area (Å²) in [7, 11) is -3.36. The molecule has 0 radical (unpaired) electrons. The number of piperidine rings is 1. The average molecular weight is 314 g/mol. The van der Waals surface area contributed by atoms with E-state index < -0.39 is 16.1 Å². The van der Waals surface area contributed by atoms with Crippen molar-refractivity contribution in [2.24, 2.45) is 5.92 Å². The number of hydrogen-bond donors (Lipinski definition) is 1. The Kier molecular flexibility index (Phi) is 5.00. The highest BCUT2D eigenvalue weighted by Crippen LogP contribution is 2.19. The van der Waals surface area contributed by atoms with Gasteiger partial charge < -0.3 is 9.47 Å². The zero-order chi connectivity index (χ0) is 15.5. The van der Waals surface area contributed by atoms with Crippen LogP contribution >= 0.6 is 0 Å². The van der Waals surface area contributed by atoms with E-state index in [2.05, 4.69) is 14.3 Å². The zero-order valence-corrected chi connectivity index (χ0v) is 13.2. The molecule has 2 rings (SSSR count). The quantitative estimate of drug-likeness (QED) is 0.833. The van der Waals surface area contributed by atoms with Crippen LogP contribution in [0.25, 0.3) is 0 Å². The minimum atomic E-state index is -3.36. The van der Waals surface area contributed by atoms with Gasteiger partial charge in [0, 0.05) is 32.0 Å². The number of likely N-dealkylation sites (tertiary alicyclic amines) is 1. The lowest BCUT2D eigenvalue weighted by atomic mass is 9.96. The van der Waals surface area contributed by atoms with Gasteiger partial charge in [0.2, 0.25) is 15.9 Å². The fourth-order valence-electron chi connectivity index (χ4n) is 2.67. The summed E-state index contributed by atoms with van der Waals surface area (Å²) in [6.45, 7) is 3.85. The molecule has 8 heteroatoms. The molecule has 1 amide bonds. The molecule has 1 aliphatic rings. The molecule has 1 aliphatic heterocycles. The molecule has 1 saturated heterocycles. The van der Waals surface area contributed by atoms with Crippen LogP contribution in [0, 0.1) is 5.92 Å². The van der Waals surface area contributed by atoms with E-state index in [1.807, 2.05) is 6.20 Å². The van der Waals surface area contributed by atoms with Crippen LogP contribution in [0.2, 0.25) is 0 Å². The van der Waals surface area contributed by atoms with Gasteiger partial charge in [-0.25, -0.2) is 18.1 Å². The Morgan fingerprint density at radius 2 is 2.10 bits per heavy atom. The summed E-state index contributed by atoms with van der Waals surface area (Å²) >= 11 is 0. The second kappa shape index (κ2) is 6.57. The largest absolute Gasteiger partial charge is 0.341 e. The Bertz CT molecular complexity index is 562. The monoisotopic (exact) mass is 314 g/mol. The van der Waals surface area contributed by atoms with E-state index >= 15 is 0 Å². The first-order chi connectivity index (χ1) is 9.85. The molecule has 1 aromatic rings. The number of amides is 1. The smallest absolute Gasteiger partial charge is 0.240 e. The minimum Gasteiger partial charge on any atom is -0.341 e. The number of sulfonamides is 1. The third-order valence-electron chi connectivity index (χ3n) is 3.72. The van der Waals surface area contributed by atoms with Crippen molar-refractivity contribution in [1.82, 2.24) is 19.2 Å². The number of carbonyl (C=O) groups excluding carboxylic acids is 1. The second-order valence-electron chi connectivity index (χ2n) is 5.64. The van der Waals surface area contributed by atoms with Crippen LogP contribution in [-0.4, -0.2) is 54.2 Å². The van der Waals surface area contributed by atoms with Gasteiger partial charge in [-0.15, -0.1) is 0 Å². The van der Waals surface area contributed by atoms with Crippen molar-refractivity contribution >= 4 is 15.9 Å².